The van der Waals surface area contributed by atoms with Crippen LogP contribution in [0.2, 0.25) is 0 Å². The van der Waals surface area contributed by atoms with Gasteiger partial charge in [0.25, 0.3) is 0 Å². The van der Waals surface area contributed by atoms with Gasteiger partial charge in [0.1, 0.15) is 10.6 Å². The zero-order valence-electron chi connectivity index (χ0n) is 11.5. The van der Waals surface area contributed by atoms with Gasteiger partial charge < -0.3 is 5.32 Å². The number of nitrogens with one attached hydrogen (secondary N) is 1. The standard InChI is InChI=1S/C17H12BrFN2O/c18-16(12-3-1-5-13(19)9-12)17(22)21-14-6-7-15-11(10-14)4-2-8-20-15/h1-10,16H,(H,21,22). The van der Waals surface area contributed by atoms with E-state index in [-0.39, 0.29) is 11.7 Å². The molecule has 3 aromatic rings. The highest BCUT2D eigenvalue weighted by atomic mass is 79.9. The number of fused-ring (bicyclic) bond motifs is 1. The number of benzene rings is 2. The van der Waals surface area contributed by atoms with Gasteiger partial charge in [0.15, 0.2) is 0 Å². The number of aromatic nitrogens is 1. The smallest absolute Gasteiger partial charge is 0.242 e. The molecule has 3 rings (SSSR count). The fraction of sp³-hybridized carbons (Fsp3) is 0.0588. The van der Waals surface area contributed by atoms with E-state index in [9.17, 15) is 9.18 Å². The maximum absolute atomic E-state index is 13.2. The molecule has 0 radical (unpaired) electrons. The third-order valence-corrected chi connectivity index (χ3v) is 4.19. The lowest BCUT2D eigenvalue weighted by atomic mass is 10.1. The molecule has 0 saturated heterocycles. The minimum Gasteiger partial charge on any atom is -0.325 e. The number of hydrogen-bond donors (Lipinski definition) is 1. The van der Waals surface area contributed by atoms with Gasteiger partial charge in [0.2, 0.25) is 5.91 Å². The molecule has 0 spiro atoms. The second kappa shape index (κ2) is 6.23. The third kappa shape index (κ3) is 3.14. The average molecular weight is 359 g/mol. The lowest BCUT2D eigenvalue weighted by Gasteiger charge is -2.11. The number of hydrogen-bond acceptors (Lipinski definition) is 2. The second-order valence-corrected chi connectivity index (χ2v) is 5.73. The molecule has 0 fully saturated rings. The van der Waals surface area contributed by atoms with Crippen LogP contribution in [-0.2, 0) is 4.79 Å². The molecular weight excluding hydrogens is 347 g/mol. The molecule has 3 nitrogen and oxygen atoms in total. The first-order valence-corrected chi connectivity index (χ1v) is 7.60. The molecule has 1 amide bonds. The van der Waals surface area contributed by atoms with E-state index in [1.165, 1.54) is 12.1 Å². The number of nitrogens with zero attached hydrogens (tertiary/aromatic N) is 1. The average Bonchev–Trinajstić information content (AvgIpc) is 2.54. The highest BCUT2D eigenvalue weighted by molar-refractivity contribution is 9.09. The first-order chi connectivity index (χ1) is 10.6. The van der Waals surface area contributed by atoms with Crippen LogP contribution in [0.1, 0.15) is 10.4 Å². The Morgan fingerprint density at radius 1 is 1.14 bits per heavy atom. The number of alkyl halides is 1. The number of carbonyl (C=O) groups excluding carboxylic acids is 1. The van der Waals surface area contributed by atoms with Crippen LogP contribution in [0.25, 0.3) is 10.9 Å². The molecule has 0 aliphatic rings. The Bertz CT molecular complexity index is 838. The fourth-order valence-electron chi connectivity index (χ4n) is 2.17. The predicted molar refractivity (Wildman–Crippen MR) is 88.4 cm³/mol. The van der Waals surface area contributed by atoms with Crippen LogP contribution in [-0.4, -0.2) is 10.9 Å². The van der Waals surface area contributed by atoms with Crippen LogP contribution >= 0.6 is 15.9 Å². The first kappa shape index (κ1) is 14.7. The Morgan fingerprint density at radius 2 is 2.00 bits per heavy atom. The Labute approximate surface area is 135 Å². The van der Waals surface area contributed by atoms with Crippen molar-refractivity contribution in [2.45, 2.75) is 4.83 Å². The molecule has 110 valence electrons. The van der Waals surface area contributed by atoms with E-state index in [0.717, 1.165) is 10.9 Å². The van der Waals surface area contributed by atoms with Crippen molar-refractivity contribution in [3.05, 3.63) is 72.2 Å². The van der Waals surface area contributed by atoms with Crippen molar-refractivity contribution in [1.29, 1.82) is 0 Å². The van der Waals surface area contributed by atoms with Crippen LogP contribution in [0.5, 0.6) is 0 Å². The summed E-state index contributed by atoms with van der Waals surface area (Å²) in [6, 6.07) is 15.2. The molecule has 0 aliphatic carbocycles. The Morgan fingerprint density at radius 3 is 2.82 bits per heavy atom. The van der Waals surface area contributed by atoms with E-state index in [2.05, 4.69) is 26.2 Å². The Balaban J connectivity index is 1.80. The van der Waals surface area contributed by atoms with Gasteiger partial charge in [0.05, 0.1) is 5.52 Å². The summed E-state index contributed by atoms with van der Waals surface area (Å²) in [7, 11) is 0. The van der Waals surface area contributed by atoms with Crippen LogP contribution in [0.15, 0.2) is 60.8 Å². The molecule has 1 heterocycles. The predicted octanol–water partition coefficient (Wildman–Crippen LogP) is 4.45. The minimum atomic E-state index is -0.618. The summed E-state index contributed by atoms with van der Waals surface area (Å²) in [5.74, 6) is -0.625. The highest BCUT2D eigenvalue weighted by Gasteiger charge is 2.17. The molecule has 1 atom stereocenters. The van der Waals surface area contributed by atoms with E-state index in [1.54, 1.807) is 24.4 Å². The summed E-state index contributed by atoms with van der Waals surface area (Å²) in [4.78, 5) is 15.9. The van der Waals surface area contributed by atoms with Crippen molar-refractivity contribution in [2.24, 2.45) is 0 Å². The maximum Gasteiger partial charge on any atom is 0.242 e. The fourth-order valence-corrected chi connectivity index (χ4v) is 2.57. The van der Waals surface area contributed by atoms with Crippen molar-refractivity contribution in [2.75, 3.05) is 5.32 Å². The van der Waals surface area contributed by atoms with Gasteiger partial charge in [-0.05, 0) is 42.0 Å². The van der Waals surface area contributed by atoms with Crippen LogP contribution in [0, 0.1) is 5.82 Å². The summed E-state index contributed by atoms with van der Waals surface area (Å²) in [5, 5.41) is 3.76. The molecule has 0 bridgehead atoms. The molecule has 0 saturated carbocycles. The van der Waals surface area contributed by atoms with Crippen LogP contribution in [0.4, 0.5) is 10.1 Å². The number of rotatable bonds is 3. The molecular formula is C17H12BrFN2O. The quantitative estimate of drug-likeness (QED) is 0.702. The molecule has 2 aromatic carbocycles. The largest absolute Gasteiger partial charge is 0.325 e. The zero-order valence-corrected chi connectivity index (χ0v) is 13.0. The van der Waals surface area contributed by atoms with Crippen molar-refractivity contribution in [3.8, 4) is 0 Å². The SMILES string of the molecule is O=C(Nc1ccc2ncccc2c1)C(Br)c1cccc(F)c1. The first-order valence-electron chi connectivity index (χ1n) is 6.69. The number of carbonyl (C=O) groups is 1. The van der Waals surface area contributed by atoms with Crippen molar-refractivity contribution < 1.29 is 9.18 Å². The van der Waals surface area contributed by atoms with Crippen LogP contribution < -0.4 is 5.32 Å². The monoisotopic (exact) mass is 358 g/mol. The zero-order chi connectivity index (χ0) is 15.5. The minimum absolute atomic E-state index is 0.256. The number of anilines is 1. The summed E-state index contributed by atoms with van der Waals surface area (Å²) in [6.07, 6.45) is 1.72. The third-order valence-electron chi connectivity index (χ3n) is 3.24. The summed E-state index contributed by atoms with van der Waals surface area (Å²) >= 11 is 3.30. The second-order valence-electron chi connectivity index (χ2n) is 4.82. The Kier molecular flexibility index (Phi) is 4.15. The molecule has 1 aromatic heterocycles. The number of amides is 1. The van der Waals surface area contributed by atoms with Gasteiger partial charge in [-0.1, -0.05) is 34.1 Å². The van der Waals surface area contributed by atoms with Crippen molar-refractivity contribution in [1.82, 2.24) is 4.98 Å². The lowest BCUT2D eigenvalue weighted by Crippen LogP contribution is -2.17. The van der Waals surface area contributed by atoms with Gasteiger partial charge in [-0.15, -0.1) is 0 Å². The maximum atomic E-state index is 13.2. The molecule has 1 N–H and O–H groups in total. The van der Waals surface area contributed by atoms with E-state index in [0.29, 0.717) is 11.3 Å². The van der Waals surface area contributed by atoms with Crippen LogP contribution in [0.3, 0.4) is 0 Å². The Hall–Kier alpha value is -2.27. The summed E-state index contributed by atoms with van der Waals surface area (Å²) < 4.78 is 13.2. The van der Waals surface area contributed by atoms with Gasteiger partial charge in [-0.3, -0.25) is 9.78 Å². The highest BCUT2D eigenvalue weighted by Crippen LogP contribution is 2.26. The van der Waals surface area contributed by atoms with E-state index >= 15 is 0 Å². The normalized spacial score (nSPS) is 12.1. The van der Waals surface area contributed by atoms with Gasteiger partial charge in [-0.2, -0.15) is 0 Å². The van der Waals surface area contributed by atoms with E-state index < -0.39 is 4.83 Å². The molecule has 0 aliphatic heterocycles. The van der Waals surface area contributed by atoms with E-state index in [4.69, 9.17) is 0 Å². The molecule has 1 unspecified atom stereocenters. The number of pyridine rings is 1. The number of halogens is 2. The van der Waals surface area contributed by atoms with Gasteiger partial charge >= 0.3 is 0 Å². The molecule has 5 heteroatoms. The summed E-state index contributed by atoms with van der Waals surface area (Å²) in [6.45, 7) is 0. The van der Waals surface area contributed by atoms with Gasteiger partial charge in [0, 0.05) is 17.3 Å². The topological polar surface area (TPSA) is 42.0 Å². The van der Waals surface area contributed by atoms with Crippen molar-refractivity contribution >= 4 is 38.4 Å². The van der Waals surface area contributed by atoms with Crippen molar-refractivity contribution in [3.63, 3.8) is 0 Å². The van der Waals surface area contributed by atoms with E-state index in [1.807, 2.05) is 24.3 Å². The molecule has 22 heavy (non-hydrogen) atoms. The summed E-state index contributed by atoms with van der Waals surface area (Å²) in [5.41, 5.74) is 2.10. The van der Waals surface area contributed by atoms with Gasteiger partial charge in [-0.25, -0.2) is 4.39 Å². The lowest BCUT2D eigenvalue weighted by molar-refractivity contribution is -0.115.